The zero-order valence-electron chi connectivity index (χ0n) is 44.2. The maximum absolute atomic E-state index is 12.8. The summed E-state index contributed by atoms with van der Waals surface area (Å²) in [4.78, 5) is 38.1. The van der Waals surface area contributed by atoms with Crippen LogP contribution in [0.2, 0.25) is 0 Å². The summed E-state index contributed by atoms with van der Waals surface area (Å²) in [5.74, 6) is -0.866. The van der Waals surface area contributed by atoms with Crippen molar-refractivity contribution in [2.75, 3.05) is 13.2 Å². The van der Waals surface area contributed by atoms with Gasteiger partial charge in [-0.2, -0.15) is 0 Å². The molecule has 6 heteroatoms. The molecule has 0 saturated carbocycles. The molecular formula is C60H110O6. The highest BCUT2D eigenvalue weighted by Crippen LogP contribution is 2.16. The lowest BCUT2D eigenvalue weighted by Gasteiger charge is -2.18. The Kier molecular flexibility index (Phi) is 53.2. The minimum atomic E-state index is -0.774. The highest BCUT2D eigenvalue weighted by Gasteiger charge is 2.19. The number of esters is 3. The maximum atomic E-state index is 12.8. The average Bonchev–Trinajstić information content (AvgIpc) is 3.31. The molecule has 0 rings (SSSR count). The van der Waals surface area contributed by atoms with Crippen LogP contribution in [0.25, 0.3) is 0 Å². The smallest absolute Gasteiger partial charge is 0.306 e. The molecule has 0 aromatic rings. The van der Waals surface area contributed by atoms with Crippen LogP contribution < -0.4 is 0 Å². The molecule has 0 aromatic carbocycles. The quantitative estimate of drug-likeness (QED) is 0.0262. The Balaban J connectivity index is 4.32. The molecule has 386 valence electrons. The van der Waals surface area contributed by atoms with Gasteiger partial charge in [0.1, 0.15) is 13.2 Å². The van der Waals surface area contributed by atoms with E-state index < -0.39 is 6.10 Å². The molecular weight excluding hydrogens is 817 g/mol. The van der Waals surface area contributed by atoms with Crippen LogP contribution in [0.5, 0.6) is 0 Å². The second-order valence-corrected chi connectivity index (χ2v) is 19.6. The molecule has 0 unspecified atom stereocenters. The van der Waals surface area contributed by atoms with Crippen molar-refractivity contribution in [3.63, 3.8) is 0 Å². The van der Waals surface area contributed by atoms with Gasteiger partial charge < -0.3 is 14.2 Å². The van der Waals surface area contributed by atoms with E-state index in [1.165, 1.54) is 199 Å². The number of allylic oxidation sites excluding steroid dienone is 6. The van der Waals surface area contributed by atoms with Gasteiger partial charge in [-0.3, -0.25) is 14.4 Å². The van der Waals surface area contributed by atoms with Crippen LogP contribution in [0.1, 0.15) is 310 Å². The van der Waals surface area contributed by atoms with Crippen LogP contribution in [-0.2, 0) is 28.6 Å². The van der Waals surface area contributed by atoms with Gasteiger partial charge >= 0.3 is 17.9 Å². The SMILES string of the molecule is CCCCC/C=C\C/C=C\CCCCCCCCCC(=O)O[C@H](COC(=O)CCCCCCCCCCC/C=C\CCCCCCCC)COC(=O)CCCCCCCCCCCCCC. The monoisotopic (exact) mass is 927 g/mol. The summed E-state index contributed by atoms with van der Waals surface area (Å²) in [5.41, 5.74) is 0. The number of carbonyl (C=O) groups is 3. The Labute approximate surface area is 410 Å². The minimum absolute atomic E-state index is 0.0724. The molecule has 0 N–H and O–H groups in total. The summed E-state index contributed by atoms with van der Waals surface area (Å²) in [6.07, 6.45) is 65.6. The van der Waals surface area contributed by atoms with E-state index in [4.69, 9.17) is 14.2 Å². The zero-order chi connectivity index (χ0) is 47.9. The normalized spacial score (nSPS) is 12.2. The Morgan fingerprint density at radius 1 is 0.303 bits per heavy atom. The van der Waals surface area contributed by atoms with Crippen LogP contribution in [0, 0.1) is 0 Å². The van der Waals surface area contributed by atoms with Gasteiger partial charge in [-0.05, 0) is 77.0 Å². The van der Waals surface area contributed by atoms with E-state index >= 15 is 0 Å². The number of unbranched alkanes of at least 4 members (excludes halogenated alkanes) is 36. The van der Waals surface area contributed by atoms with Gasteiger partial charge in [0, 0.05) is 19.3 Å². The first-order chi connectivity index (χ1) is 32.5. The summed E-state index contributed by atoms with van der Waals surface area (Å²) in [7, 11) is 0. The van der Waals surface area contributed by atoms with Crippen molar-refractivity contribution in [1.29, 1.82) is 0 Å². The molecule has 0 aliphatic rings. The van der Waals surface area contributed by atoms with Crippen LogP contribution in [0.4, 0.5) is 0 Å². The summed E-state index contributed by atoms with van der Waals surface area (Å²) in [5, 5.41) is 0. The van der Waals surface area contributed by atoms with E-state index in [0.29, 0.717) is 19.3 Å². The molecule has 0 amide bonds. The fraction of sp³-hybridized carbons (Fsp3) is 0.850. The summed E-state index contributed by atoms with van der Waals surface area (Å²) < 4.78 is 16.9. The number of hydrogen-bond acceptors (Lipinski definition) is 6. The molecule has 6 nitrogen and oxygen atoms in total. The van der Waals surface area contributed by atoms with Gasteiger partial charge in [-0.15, -0.1) is 0 Å². The first-order valence-electron chi connectivity index (χ1n) is 29.0. The predicted molar refractivity (Wildman–Crippen MR) is 284 cm³/mol. The summed E-state index contributed by atoms with van der Waals surface area (Å²) >= 11 is 0. The molecule has 0 bridgehead atoms. The third-order valence-electron chi connectivity index (χ3n) is 12.9. The number of hydrogen-bond donors (Lipinski definition) is 0. The molecule has 66 heavy (non-hydrogen) atoms. The molecule has 0 aliphatic carbocycles. The van der Waals surface area contributed by atoms with Crippen molar-refractivity contribution >= 4 is 17.9 Å². The van der Waals surface area contributed by atoms with Crippen LogP contribution in [0.3, 0.4) is 0 Å². The fourth-order valence-electron chi connectivity index (χ4n) is 8.47. The standard InChI is InChI=1S/C60H110O6/c1-4-7-10-13-16-19-22-25-27-29-30-32-33-35-38-41-44-47-50-53-59(62)65-56-57(55-64-58(61)52-49-46-43-40-37-24-21-18-15-12-9-6-3)66-60(63)54-51-48-45-42-39-36-34-31-28-26-23-20-17-14-11-8-5-2/h17,20,25-28,57H,4-16,18-19,21-24,29-56H2,1-3H3/b20-17-,27-25-,28-26-/t57-/m0/s1. The lowest BCUT2D eigenvalue weighted by molar-refractivity contribution is -0.167. The van der Waals surface area contributed by atoms with Gasteiger partial charge in [0.15, 0.2) is 6.10 Å². The van der Waals surface area contributed by atoms with Gasteiger partial charge in [0.2, 0.25) is 0 Å². The molecule has 1 atom stereocenters. The Hall–Kier alpha value is -2.37. The topological polar surface area (TPSA) is 78.9 Å². The fourth-order valence-corrected chi connectivity index (χ4v) is 8.47. The van der Waals surface area contributed by atoms with E-state index in [-0.39, 0.29) is 31.1 Å². The Bertz CT molecular complexity index is 1110. The number of rotatable bonds is 53. The second kappa shape index (κ2) is 55.2. The van der Waals surface area contributed by atoms with Crippen LogP contribution >= 0.6 is 0 Å². The lowest BCUT2D eigenvalue weighted by atomic mass is 10.0. The van der Waals surface area contributed by atoms with Crippen molar-refractivity contribution < 1.29 is 28.6 Å². The molecule has 0 aliphatic heterocycles. The zero-order valence-corrected chi connectivity index (χ0v) is 44.2. The molecule has 0 fully saturated rings. The number of ether oxygens (including phenoxy) is 3. The van der Waals surface area contributed by atoms with Crippen LogP contribution in [-0.4, -0.2) is 37.2 Å². The van der Waals surface area contributed by atoms with Gasteiger partial charge in [-0.1, -0.05) is 250 Å². The van der Waals surface area contributed by atoms with Crippen molar-refractivity contribution in [2.45, 2.75) is 316 Å². The van der Waals surface area contributed by atoms with Crippen molar-refractivity contribution in [2.24, 2.45) is 0 Å². The Morgan fingerprint density at radius 2 is 0.545 bits per heavy atom. The summed E-state index contributed by atoms with van der Waals surface area (Å²) in [6.45, 7) is 6.64. The Morgan fingerprint density at radius 3 is 0.879 bits per heavy atom. The molecule has 0 radical (unpaired) electrons. The average molecular weight is 928 g/mol. The molecule has 0 spiro atoms. The van der Waals surface area contributed by atoms with Gasteiger partial charge in [-0.25, -0.2) is 0 Å². The first-order valence-corrected chi connectivity index (χ1v) is 29.0. The largest absolute Gasteiger partial charge is 0.462 e. The predicted octanol–water partition coefficient (Wildman–Crippen LogP) is 19.3. The van der Waals surface area contributed by atoms with Crippen molar-refractivity contribution in [1.82, 2.24) is 0 Å². The van der Waals surface area contributed by atoms with E-state index in [0.717, 1.165) is 70.6 Å². The highest BCUT2D eigenvalue weighted by atomic mass is 16.6. The molecule has 0 aromatic heterocycles. The third kappa shape index (κ3) is 52.6. The van der Waals surface area contributed by atoms with Gasteiger partial charge in [0.05, 0.1) is 0 Å². The maximum Gasteiger partial charge on any atom is 0.306 e. The third-order valence-corrected chi connectivity index (χ3v) is 12.9. The van der Waals surface area contributed by atoms with Crippen LogP contribution in [0.15, 0.2) is 36.5 Å². The molecule has 0 heterocycles. The first kappa shape index (κ1) is 63.6. The molecule has 0 saturated heterocycles. The number of carbonyl (C=O) groups excluding carboxylic acids is 3. The minimum Gasteiger partial charge on any atom is -0.462 e. The van der Waals surface area contributed by atoms with E-state index in [9.17, 15) is 14.4 Å². The van der Waals surface area contributed by atoms with Crippen molar-refractivity contribution in [3.05, 3.63) is 36.5 Å². The lowest BCUT2D eigenvalue weighted by Crippen LogP contribution is -2.30. The van der Waals surface area contributed by atoms with Gasteiger partial charge in [0.25, 0.3) is 0 Å². The van der Waals surface area contributed by atoms with E-state index in [2.05, 4.69) is 57.2 Å². The summed E-state index contributed by atoms with van der Waals surface area (Å²) in [6, 6.07) is 0. The highest BCUT2D eigenvalue weighted by molar-refractivity contribution is 5.71. The van der Waals surface area contributed by atoms with E-state index in [1.807, 2.05) is 0 Å². The van der Waals surface area contributed by atoms with Crippen molar-refractivity contribution in [3.8, 4) is 0 Å². The second-order valence-electron chi connectivity index (χ2n) is 19.6. The van der Waals surface area contributed by atoms with E-state index in [1.54, 1.807) is 0 Å².